The molecule has 1 amide bonds. The molecule has 0 saturated carbocycles. The van der Waals surface area contributed by atoms with Crippen molar-refractivity contribution in [1.82, 2.24) is 15.1 Å². The Kier molecular flexibility index (Phi) is 6.60. The van der Waals surface area contributed by atoms with E-state index in [4.69, 9.17) is 0 Å². The van der Waals surface area contributed by atoms with Gasteiger partial charge in [0.05, 0.1) is 11.4 Å². The molecule has 166 valence electrons. The van der Waals surface area contributed by atoms with Gasteiger partial charge in [0.15, 0.2) is 0 Å². The molecule has 1 N–H and O–H groups in total. The number of rotatable bonds is 6. The van der Waals surface area contributed by atoms with Crippen LogP contribution in [0.5, 0.6) is 0 Å². The number of hydrogen-bond acceptors (Lipinski definition) is 5. The molecule has 0 unspecified atom stereocenters. The summed E-state index contributed by atoms with van der Waals surface area (Å²) in [6.45, 7) is 6.32. The van der Waals surface area contributed by atoms with Gasteiger partial charge >= 0.3 is 0 Å². The van der Waals surface area contributed by atoms with Crippen molar-refractivity contribution < 1.29 is 13.2 Å². The zero-order chi connectivity index (χ0) is 21.8. The van der Waals surface area contributed by atoms with Crippen molar-refractivity contribution >= 4 is 21.6 Å². The molecule has 0 aromatic heterocycles. The Labute approximate surface area is 184 Å². The van der Waals surface area contributed by atoms with E-state index >= 15 is 0 Å². The molecule has 0 atom stereocenters. The summed E-state index contributed by atoms with van der Waals surface area (Å²) in [6, 6.07) is 15.1. The third-order valence-corrected chi connectivity index (χ3v) is 7.86. The minimum atomic E-state index is -3.21. The van der Waals surface area contributed by atoms with E-state index < -0.39 is 10.0 Å². The molecule has 2 aromatic carbocycles. The van der Waals surface area contributed by atoms with Crippen LogP contribution in [0.2, 0.25) is 0 Å². The Balaban J connectivity index is 1.28. The lowest BCUT2D eigenvalue weighted by molar-refractivity contribution is 0.0951. The van der Waals surface area contributed by atoms with Crippen LogP contribution in [-0.2, 0) is 23.1 Å². The summed E-state index contributed by atoms with van der Waals surface area (Å²) >= 11 is 0. The predicted molar refractivity (Wildman–Crippen MR) is 123 cm³/mol. The van der Waals surface area contributed by atoms with Crippen molar-refractivity contribution in [2.45, 2.75) is 19.5 Å². The van der Waals surface area contributed by atoms with E-state index in [1.54, 1.807) is 24.3 Å². The van der Waals surface area contributed by atoms with Gasteiger partial charge in [0, 0.05) is 51.4 Å². The Hall–Kier alpha value is -2.42. The van der Waals surface area contributed by atoms with Gasteiger partial charge in [-0.15, -0.1) is 0 Å². The third-order valence-electron chi connectivity index (χ3n) is 5.99. The number of piperazine rings is 1. The van der Waals surface area contributed by atoms with E-state index in [2.05, 4.69) is 46.4 Å². The molecular formula is C23H30N4O3S. The van der Waals surface area contributed by atoms with Crippen molar-refractivity contribution in [3.05, 3.63) is 65.2 Å². The van der Waals surface area contributed by atoms with Crippen LogP contribution in [0.4, 0.5) is 5.69 Å². The zero-order valence-electron chi connectivity index (χ0n) is 18.0. The molecule has 0 spiro atoms. The van der Waals surface area contributed by atoms with E-state index in [1.165, 1.54) is 9.87 Å². The number of likely N-dealkylation sites (N-methyl/N-ethyl adjacent to an activating group) is 1. The lowest BCUT2D eigenvalue weighted by atomic mass is 10.1. The van der Waals surface area contributed by atoms with Gasteiger partial charge in [-0.25, -0.2) is 8.42 Å². The number of hydrogen-bond donors (Lipinski definition) is 1. The number of carbonyl (C=O) groups excluding carboxylic acids is 1. The summed E-state index contributed by atoms with van der Waals surface area (Å²) in [5.41, 5.74) is 3.47. The minimum absolute atomic E-state index is 0.169. The monoisotopic (exact) mass is 442 g/mol. The smallest absolute Gasteiger partial charge is 0.251 e. The largest absolute Gasteiger partial charge is 0.348 e. The van der Waals surface area contributed by atoms with E-state index in [0.29, 0.717) is 30.8 Å². The van der Waals surface area contributed by atoms with Crippen LogP contribution in [-0.4, -0.2) is 69.6 Å². The highest BCUT2D eigenvalue weighted by molar-refractivity contribution is 7.93. The van der Waals surface area contributed by atoms with Crippen LogP contribution in [0.25, 0.3) is 0 Å². The number of benzene rings is 2. The summed E-state index contributed by atoms with van der Waals surface area (Å²) in [5.74, 6) is 0.0148. The molecular weight excluding hydrogens is 412 g/mol. The number of carbonyl (C=O) groups is 1. The molecule has 2 heterocycles. The van der Waals surface area contributed by atoms with Crippen molar-refractivity contribution in [2.24, 2.45) is 0 Å². The highest BCUT2D eigenvalue weighted by Crippen LogP contribution is 2.24. The lowest BCUT2D eigenvalue weighted by Crippen LogP contribution is -2.43. The van der Waals surface area contributed by atoms with Crippen molar-refractivity contribution in [1.29, 1.82) is 0 Å². The first-order valence-electron chi connectivity index (χ1n) is 10.8. The molecule has 0 bridgehead atoms. The lowest BCUT2D eigenvalue weighted by Gasteiger charge is -2.32. The first kappa shape index (κ1) is 21.8. The highest BCUT2D eigenvalue weighted by Gasteiger charge is 2.28. The number of nitrogens with zero attached hydrogens (tertiary/aromatic N) is 3. The molecule has 8 heteroatoms. The average Bonchev–Trinajstić information content (AvgIpc) is 3.13. The fourth-order valence-corrected chi connectivity index (χ4v) is 5.58. The second-order valence-corrected chi connectivity index (χ2v) is 10.4. The van der Waals surface area contributed by atoms with Crippen LogP contribution in [0.1, 0.15) is 27.9 Å². The molecule has 2 aliphatic heterocycles. The molecule has 0 aliphatic carbocycles. The number of anilines is 1. The molecule has 2 saturated heterocycles. The van der Waals surface area contributed by atoms with Gasteiger partial charge < -0.3 is 10.2 Å². The molecule has 7 nitrogen and oxygen atoms in total. The molecule has 2 aliphatic rings. The number of sulfonamides is 1. The molecule has 2 aromatic rings. The average molecular weight is 443 g/mol. The number of nitrogens with one attached hydrogen (secondary N) is 1. The first-order chi connectivity index (χ1) is 14.9. The second kappa shape index (κ2) is 9.38. The van der Waals surface area contributed by atoms with Gasteiger partial charge in [0.25, 0.3) is 5.91 Å². The predicted octanol–water partition coefficient (Wildman–Crippen LogP) is 1.90. The van der Waals surface area contributed by atoms with Gasteiger partial charge in [-0.2, -0.15) is 0 Å². The van der Waals surface area contributed by atoms with E-state index in [0.717, 1.165) is 38.3 Å². The number of amides is 1. The van der Waals surface area contributed by atoms with Crippen molar-refractivity contribution in [2.75, 3.05) is 49.8 Å². The quantitative estimate of drug-likeness (QED) is 0.740. The maximum atomic E-state index is 12.5. The fraction of sp³-hybridized carbons (Fsp3) is 0.435. The van der Waals surface area contributed by atoms with Crippen LogP contribution in [0, 0.1) is 0 Å². The molecule has 4 rings (SSSR count). The topological polar surface area (TPSA) is 73.0 Å². The van der Waals surface area contributed by atoms with Gasteiger partial charge in [-0.1, -0.05) is 24.3 Å². The summed E-state index contributed by atoms with van der Waals surface area (Å²) in [5, 5.41) is 2.94. The maximum absolute atomic E-state index is 12.5. The second-order valence-electron chi connectivity index (χ2n) is 8.37. The van der Waals surface area contributed by atoms with E-state index in [-0.39, 0.29) is 11.7 Å². The summed E-state index contributed by atoms with van der Waals surface area (Å²) in [4.78, 5) is 17.3. The van der Waals surface area contributed by atoms with E-state index in [9.17, 15) is 13.2 Å². The highest BCUT2D eigenvalue weighted by atomic mass is 32.2. The van der Waals surface area contributed by atoms with Gasteiger partial charge in [-0.3, -0.25) is 14.0 Å². The van der Waals surface area contributed by atoms with Crippen LogP contribution in [0.15, 0.2) is 48.5 Å². The SMILES string of the molecule is CN1CCN(Cc2ccc(CNC(=O)c3ccc(N4CCCS4(=O)=O)cc3)cc2)CC1. The molecule has 2 fully saturated rings. The van der Waals surface area contributed by atoms with Crippen LogP contribution < -0.4 is 9.62 Å². The van der Waals surface area contributed by atoms with Gasteiger partial charge in [0.1, 0.15) is 0 Å². The minimum Gasteiger partial charge on any atom is -0.348 e. The maximum Gasteiger partial charge on any atom is 0.251 e. The Morgan fingerprint density at radius 1 is 0.903 bits per heavy atom. The van der Waals surface area contributed by atoms with Gasteiger partial charge in [-0.05, 0) is 48.9 Å². The van der Waals surface area contributed by atoms with Crippen molar-refractivity contribution in [3.63, 3.8) is 0 Å². The summed E-state index contributed by atoms with van der Waals surface area (Å²) in [6.07, 6.45) is 0.638. The summed E-state index contributed by atoms with van der Waals surface area (Å²) in [7, 11) is -1.05. The fourth-order valence-electron chi connectivity index (χ4n) is 4.02. The Bertz CT molecular complexity index is 998. The third kappa shape index (κ3) is 5.44. The molecule has 31 heavy (non-hydrogen) atoms. The first-order valence-corrected chi connectivity index (χ1v) is 12.4. The standard InChI is InChI=1S/C23H30N4O3S/c1-25-12-14-26(15-13-25)18-20-5-3-19(4-6-20)17-24-23(28)21-7-9-22(10-8-21)27-11-2-16-31(27,29)30/h3-10H,2,11-18H2,1H3,(H,24,28). The Morgan fingerprint density at radius 2 is 1.55 bits per heavy atom. The zero-order valence-corrected chi connectivity index (χ0v) is 18.8. The normalized spacial score (nSPS) is 19.5. The van der Waals surface area contributed by atoms with Gasteiger partial charge in [0.2, 0.25) is 10.0 Å². The van der Waals surface area contributed by atoms with Crippen molar-refractivity contribution in [3.8, 4) is 0 Å². The van der Waals surface area contributed by atoms with Crippen LogP contribution >= 0.6 is 0 Å². The van der Waals surface area contributed by atoms with Crippen LogP contribution in [0.3, 0.4) is 0 Å². The summed E-state index contributed by atoms with van der Waals surface area (Å²) < 4.78 is 25.5. The molecule has 0 radical (unpaired) electrons. The Morgan fingerprint density at radius 3 is 2.16 bits per heavy atom. The van der Waals surface area contributed by atoms with E-state index in [1.807, 2.05) is 0 Å².